The number of amides is 1. The third kappa shape index (κ3) is 3.37. The largest absolute Gasteiger partial charge is 0.348 e. The lowest BCUT2D eigenvalue weighted by molar-refractivity contribution is -0.124. The van der Waals surface area contributed by atoms with Gasteiger partial charge in [-0.25, -0.2) is 8.42 Å². The molecule has 1 N–H and O–H groups in total. The zero-order valence-electron chi connectivity index (χ0n) is 11.7. The van der Waals surface area contributed by atoms with E-state index in [4.69, 9.17) is 0 Å². The number of nitrogens with zero attached hydrogens (tertiary/aromatic N) is 1. The summed E-state index contributed by atoms with van der Waals surface area (Å²) in [6, 6.07) is 8.91. The van der Waals surface area contributed by atoms with Crippen LogP contribution < -0.4 is 5.32 Å². The van der Waals surface area contributed by atoms with Gasteiger partial charge in [0.15, 0.2) is 0 Å². The average molecular weight is 296 g/mol. The molecule has 6 heteroatoms. The molecule has 0 aromatic heterocycles. The van der Waals surface area contributed by atoms with Gasteiger partial charge in [0.2, 0.25) is 15.9 Å². The quantitative estimate of drug-likeness (QED) is 0.910. The van der Waals surface area contributed by atoms with Gasteiger partial charge in [-0.05, 0) is 25.3 Å². The molecule has 0 bridgehead atoms. The second-order valence-corrected chi connectivity index (χ2v) is 7.11. The van der Waals surface area contributed by atoms with Crippen molar-refractivity contribution in [3.05, 3.63) is 35.9 Å². The summed E-state index contributed by atoms with van der Waals surface area (Å²) in [6.45, 7) is 2.32. The SMILES string of the molecule is C[C@@H](NC(=O)[C@H]1CCCN1S(C)(=O)=O)c1ccccc1. The standard InChI is InChI=1S/C14H20N2O3S/c1-11(12-7-4-3-5-8-12)15-14(17)13-9-6-10-16(13)20(2,18)19/h3-5,7-8,11,13H,6,9-10H2,1-2H3,(H,15,17)/t11-,13-/m1/s1. The first-order chi connectivity index (χ1) is 9.39. The third-order valence-electron chi connectivity index (χ3n) is 3.59. The molecule has 1 aromatic carbocycles. The fourth-order valence-corrected chi connectivity index (χ4v) is 3.66. The Morgan fingerprint density at radius 3 is 2.60 bits per heavy atom. The van der Waals surface area contributed by atoms with E-state index in [2.05, 4.69) is 5.32 Å². The molecular formula is C14H20N2O3S. The fourth-order valence-electron chi connectivity index (χ4n) is 2.53. The van der Waals surface area contributed by atoms with Crippen molar-refractivity contribution in [2.24, 2.45) is 0 Å². The molecule has 2 rings (SSSR count). The van der Waals surface area contributed by atoms with E-state index in [1.165, 1.54) is 4.31 Å². The lowest BCUT2D eigenvalue weighted by atomic mass is 10.1. The first-order valence-corrected chi connectivity index (χ1v) is 8.56. The number of sulfonamides is 1. The maximum atomic E-state index is 12.3. The zero-order valence-corrected chi connectivity index (χ0v) is 12.6. The number of carbonyl (C=O) groups excluding carboxylic acids is 1. The van der Waals surface area contributed by atoms with Crippen LogP contribution in [0, 0.1) is 0 Å². The molecule has 0 aliphatic carbocycles. The highest BCUT2D eigenvalue weighted by molar-refractivity contribution is 7.88. The van der Waals surface area contributed by atoms with E-state index in [1.807, 2.05) is 37.3 Å². The Hall–Kier alpha value is -1.40. The Kier molecular flexibility index (Phi) is 4.45. The lowest BCUT2D eigenvalue weighted by Gasteiger charge is -2.23. The fraction of sp³-hybridized carbons (Fsp3) is 0.500. The third-order valence-corrected chi connectivity index (χ3v) is 4.88. The highest BCUT2D eigenvalue weighted by atomic mass is 32.2. The lowest BCUT2D eigenvalue weighted by Crippen LogP contribution is -2.46. The van der Waals surface area contributed by atoms with Crippen LogP contribution in [0.2, 0.25) is 0 Å². The van der Waals surface area contributed by atoms with Gasteiger partial charge in [0.05, 0.1) is 12.3 Å². The van der Waals surface area contributed by atoms with Crippen molar-refractivity contribution in [2.75, 3.05) is 12.8 Å². The van der Waals surface area contributed by atoms with E-state index in [-0.39, 0.29) is 11.9 Å². The van der Waals surface area contributed by atoms with E-state index in [0.717, 1.165) is 18.2 Å². The van der Waals surface area contributed by atoms with Crippen LogP contribution in [0.3, 0.4) is 0 Å². The van der Waals surface area contributed by atoms with Crippen LogP contribution in [0.15, 0.2) is 30.3 Å². The Morgan fingerprint density at radius 1 is 1.35 bits per heavy atom. The molecule has 0 saturated carbocycles. The topological polar surface area (TPSA) is 66.5 Å². The predicted octanol–water partition coefficient (Wildman–Crippen LogP) is 1.29. The molecule has 1 aliphatic heterocycles. The van der Waals surface area contributed by atoms with E-state index < -0.39 is 16.1 Å². The Balaban J connectivity index is 2.05. The zero-order chi connectivity index (χ0) is 14.8. The highest BCUT2D eigenvalue weighted by Crippen LogP contribution is 2.21. The van der Waals surface area contributed by atoms with E-state index in [9.17, 15) is 13.2 Å². The first-order valence-electron chi connectivity index (χ1n) is 6.72. The molecule has 0 spiro atoms. The van der Waals surface area contributed by atoms with Crippen LogP contribution in [0.1, 0.15) is 31.4 Å². The van der Waals surface area contributed by atoms with Crippen LogP contribution in [0.25, 0.3) is 0 Å². The molecule has 20 heavy (non-hydrogen) atoms. The van der Waals surface area contributed by atoms with Crippen LogP contribution in [-0.2, 0) is 14.8 Å². The van der Waals surface area contributed by atoms with Crippen molar-refractivity contribution < 1.29 is 13.2 Å². The van der Waals surface area contributed by atoms with Gasteiger partial charge in [0.1, 0.15) is 6.04 Å². The molecule has 1 saturated heterocycles. The van der Waals surface area contributed by atoms with Gasteiger partial charge in [-0.1, -0.05) is 30.3 Å². The summed E-state index contributed by atoms with van der Waals surface area (Å²) in [5.41, 5.74) is 1.00. The van der Waals surface area contributed by atoms with Crippen molar-refractivity contribution in [1.82, 2.24) is 9.62 Å². The van der Waals surface area contributed by atoms with Crippen molar-refractivity contribution >= 4 is 15.9 Å². The Morgan fingerprint density at radius 2 is 2.00 bits per heavy atom. The van der Waals surface area contributed by atoms with E-state index in [1.54, 1.807) is 0 Å². The van der Waals surface area contributed by atoms with Crippen molar-refractivity contribution in [3.8, 4) is 0 Å². The summed E-state index contributed by atoms with van der Waals surface area (Å²) in [5.74, 6) is -0.218. The number of rotatable bonds is 4. The minimum absolute atomic E-state index is 0.134. The molecule has 2 atom stereocenters. The predicted molar refractivity (Wildman–Crippen MR) is 77.6 cm³/mol. The van der Waals surface area contributed by atoms with Crippen LogP contribution in [0.5, 0.6) is 0 Å². The number of benzene rings is 1. The van der Waals surface area contributed by atoms with Gasteiger partial charge in [-0.15, -0.1) is 0 Å². The Bertz CT molecular complexity index is 571. The molecule has 0 radical (unpaired) electrons. The van der Waals surface area contributed by atoms with Gasteiger partial charge < -0.3 is 5.32 Å². The van der Waals surface area contributed by atoms with E-state index >= 15 is 0 Å². The minimum Gasteiger partial charge on any atom is -0.348 e. The molecule has 5 nitrogen and oxygen atoms in total. The van der Waals surface area contributed by atoms with Gasteiger partial charge >= 0.3 is 0 Å². The van der Waals surface area contributed by atoms with Crippen LogP contribution in [-0.4, -0.2) is 37.5 Å². The van der Waals surface area contributed by atoms with Crippen LogP contribution in [0.4, 0.5) is 0 Å². The molecule has 1 aromatic rings. The molecule has 0 unspecified atom stereocenters. The summed E-state index contributed by atoms with van der Waals surface area (Å²) in [5, 5.41) is 2.90. The van der Waals surface area contributed by atoms with E-state index in [0.29, 0.717) is 13.0 Å². The van der Waals surface area contributed by atoms with Gasteiger partial charge in [-0.2, -0.15) is 4.31 Å². The molecule has 1 fully saturated rings. The second-order valence-electron chi connectivity index (χ2n) is 5.17. The Labute approximate surface area is 120 Å². The van der Waals surface area contributed by atoms with Gasteiger partial charge in [-0.3, -0.25) is 4.79 Å². The summed E-state index contributed by atoms with van der Waals surface area (Å²) < 4.78 is 24.6. The molecule has 1 amide bonds. The van der Waals surface area contributed by atoms with Crippen LogP contribution >= 0.6 is 0 Å². The van der Waals surface area contributed by atoms with Crippen molar-refractivity contribution in [3.63, 3.8) is 0 Å². The molecular weight excluding hydrogens is 276 g/mol. The average Bonchev–Trinajstić information content (AvgIpc) is 2.89. The monoisotopic (exact) mass is 296 g/mol. The summed E-state index contributed by atoms with van der Waals surface area (Å²) in [7, 11) is -3.32. The molecule has 1 aliphatic rings. The molecule has 110 valence electrons. The second kappa shape index (κ2) is 5.93. The van der Waals surface area contributed by atoms with Crippen molar-refractivity contribution in [2.45, 2.75) is 31.8 Å². The smallest absolute Gasteiger partial charge is 0.238 e. The summed E-state index contributed by atoms with van der Waals surface area (Å²) in [6.07, 6.45) is 2.46. The number of nitrogens with one attached hydrogen (secondary N) is 1. The molecule has 1 heterocycles. The van der Waals surface area contributed by atoms with Gasteiger partial charge in [0.25, 0.3) is 0 Å². The normalized spacial score (nSPS) is 21.6. The number of hydrogen-bond donors (Lipinski definition) is 1. The minimum atomic E-state index is -3.32. The number of hydrogen-bond acceptors (Lipinski definition) is 3. The highest BCUT2D eigenvalue weighted by Gasteiger charge is 2.36. The first kappa shape index (κ1) is 15.0. The maximum absolute atomic E-state index is 12.3. The summed E-state index contributed by atoms with van der Waals surface area (Å²) >= 11 is 0. The maximum Gasteiger partial charge on any atom is 0.238 e. The summed E-state index contributed by atoms with van der Waals surface area (Å²) in [4.78, 5) is 12.3. The number of carbonyl (C=O) groups is 1. The van der Waals surface area contributed by atoms with Crippen molar-refractivity contribution in [1.29, 1.82) is 0 Å². The van der Waals surface area contributed by atoms with Gasteiger partial charge in [0, 0.05) is 6.54 Å².